The molecule has 2 amide bonds. The van der Waals surface area contributed by atoms with E-state index in [9.17, 15) is 9.18 Å². The van der Waals surface area contributed by atoms with Crippen LogP contribution in [-0.2, 0) is 0 Å². The van der Waals surface area contributed by atoms with Crippen LogP contribution in [-0.4, -0.2) is 31.1 Å². The van der Waals surface area contributed by atoms with Crippen LogP contribution in [0.15, 0.2) is 48.5 Å². The van der Waals surface area contributed by atoms with Gasteiger partial charge in [-0.25, -0.2) is 9.18 Å². The summed E-state index contributed by atoms with van der Waals surface area (Å²) in [5, 5.41) is 2.81. The molecule has 5 heteroatoms. The molecule has 0 aliphatic heterocycles. The minimum Gasteiger partial charge on any atom is -0.492 e. The fraction of sp³-hybridized carbons (Fsp3) is 0.316. The lowest BCUT2D eigenvalue weighted by Gasteiger charge is -2.25. The lowest BCUT2D eigenvalue weighted by Crippen LogP contribution is -2.40. The summed E-state index contributed by atoms with van der Waals surface area (Å²) >= 11 is 0. The zero-order valence-electron chi connectivity index (χ0n) is 14.3. The van der Waals surface area contributed by atoms with E-state index in [1.165, 1.54) is 17.7 Å². The van der Waals surface area contributed by atoms with Crippen LogP contribution >= 0.6 is 0 Å². The Morgan fingerprint density at radius 1 is 1.17 bits per heavy atom. The van der Waals surface area contributed by atoms with Gasteiger partial charge in [-0.15, -0.1) is 0 Å². The van der Waals surface area contributed by atoms with Crippen molar-refractivity contribution in [3.05, 3.63) is 65.5 Å². The van der Waals surface area contributed by atoms with E-state index >= 15 is 0 Å². The molecular formula is C19H23FN2O2. The summed E-state index contributed by atoms with van der Waals surface area (Å²) in [4.78, 5) is 13.7. The third-order valence-corrected chi connectivity index (χ3v) is 3.92. The van der Waals surface area contributed by atoms with Crippen molar-refractivity contribution < 1.29 is 13.9 Å². The molecule has 0 saturated carbocycles. The maximum absolute atomic E-state index is 13.0. The number of hydrogen-bond acceptors (Lipinski definition) is 2. The molecule has 0 fully saturated rings. The molecule has 2 aromatic carbocycles. The molecule has 0 radical (unpaired) electrons. The molecule has 1 N–H and O–H groups in total. The highest BCUT2D eigenvalue weighted by molar-refractivity contribution is 5.74. The first kappa shape index (κ1) is 17.8. The molecule has 0 aliphatic carbocycles. The Balaban J connectivity index is 1.76. The van der Waals surface area contributed by atoms with E-state index in [1.54, 1.807) is 24.1 Å². The van der Waals surface area contributed by atoms with Crippen LogP contribution < -0.4 is 10.1 Å². The summed E-state index contributed by atoms with van der Waals surface area (Å²) in [6, 6.07) is 13.6. The van der Waals surface area contributed by atoms with Crippen molar-refractivity contribution >= 4 is 6.03 Å². The van der Waals surface area contributed by atoms with Crippen molar-refractivity contribution in [2.75, 3.05) is 20.2 Å². The lowest BCUT2D eigenvalue weighted by molar-refractivity contribution is 0.191. The van der Waals surface area contributed by atoms with Gasteiger partial charge in [-0.1, -0.05) is 29.8 Å². The molecule has 0 unspecified atom stereocenters. The van der Waals surface area contributed by atoms with Crippen LogP contribution in [0, 0.1) is 12.7 Å². The second-order valence-corrected chi connectivity index (χ2v) is 5.73. The highest BCUT2D eigenvalue weighted by Crippen LogP contribution is 2.18. The van der Waals surface area contributed by atoms with E-state index < -0.39 is 0 Å². The molecule has 0 saturated heterocycles. The summed E-state index contributed by atoms with van der Waals surface area (Å²) in [5.41, 5.74) is 2.05. The number of nitrogens with zero attached hydrogens (tertiary/aromatic N) is 1. The van der Waals surface area contributed by atoms with Gasteiger partial charge in [0.2, 0.25) is 0 Å². The quantitative estimate of drug-likeness (QED) is 0.816. The smallest absolute Gasteiger partial charge is 0.317 e. The highest BCUT2D eigenvalue weighted by Gasteiger charge is 2.16. The van der Waals surface area contributed by atoms with E-state index in [0.29, 0.717) is 13.2 Å². The summed E-state index contributed by atoms with van der Waals surface area (Å²) < 4.78 is 18.5. The van der Waals surface area contributed by atoms with Gasteiger partial charge in [0, 0.05) is 7.05 Å². The van der Waals surface area contributed by atoms with Crippen molar-refractivity contribution in [2.45, 2.75) is 19.9 Å². The monoisotopic (exact) mass is 330 g/mol. The van der Waals surface area contributed by atoms with Gasteiger partial charge in [0.15, 0.2) is 0 Å². The molecule has 0 spiro atoms. The van der Waals surface area contributed by atoms with Crippen molar-refractivity contribution in [3.8, 4) is 5.75 Å². The second kappa shape index (κ2) is 8.34. The number of urea groups is 1. The Kier molecular flexibility index (Phi) is 6.18. The van der Waals surface area contributed by atoms with Crippen molar-refractivity contribution in [3.63, 3.8) is 0 Å². The number of hydrogen-bond donors (Lipinski definition) is 1. The molecule has 0 aliphatic rings. The number of rotatable bonds is 6. The largest absolute Gasteiger partial charge is 0.492 e. The summed E-state index contributed by atoms with van der Waals surface area (Å²) in [5.74, 6) is 0.495. The van der Waals surface area contributed by atoms with E-state index in [1.807, 2.05) is 38.1 Å². The normalized spacial score (nSPS) is 11.7. The third-order valence-electron chi connectivity index (χ3n) is 3.92. The average molecular weight is 330 g/mol. The maximum atomic E-state index is 13.0. The van der Waals surface area contributed by atoms with Crippen molar-refractivity contribution in [1.82, 2.24) is 10.2 Å². The number of carbonyl (C=O) groups is 1. The Labute approximate surface area is 142 Å². The topological polar surface area (TPSA) is 41.6 Å². The molecule has 128 valence electrons. The first-order chi connectivity index (χ1) is 11.5. The molecule has 2 aromatic rings. The molecule has 24 heavy (non-hydrogen) atoms. The standard InChI is InChI=1S/C19H23FN2O2/c1-14-4-10-18(11-5-14)24-13-12-21-19(23)22(3)15(2)16-6-8-17(20)9-7-16/h4-11,15H,12-13H2,1-3H3,(H,21,23)/t15-/m0/s1. The summed E-state index contributed by atoms with van der Waals surface area (Å²) in [6.45, 7) is 4.72. The molecule has 0 bridgehead atoms. The zero-order valence-corrected chi connectivity index (χ0v) is 14.3. The van der Waals surface area contributed by atoms with Gasteiger partial charge < -0.3 is 15.0 Å². The van der Waals surface area contributed by atoms with Crippen LogP contribution in [0.25, 0.3) is 0 Å². The predicted octanol–water partition coefficient (Wildman–Crippen LogP) is 3.92. The van der Waals surface area contributed by atoms with Crippen molar-refractivity contribution in [2.24, 2.45) is 0 Å². The van der Waals surface area contributed by atoms with Crippen LogP contribution in [0.5, 0.6) is 5.75 Å². The van der Waals surface area contributed by atoms with E-state index in [2.05, 4.69) is 5.32 Å². The first-order valence-electron chi connectivity index (χ1n) is 7.93. The second-order valence-electron chi connectivity index (χ2n) is 5.73. The molecule has 1 atom stereocenters. The number of nitrogens with one attached hydrogen (secondary N) is 1. The molecule has 2 rings (SSSR count). The minimum absolute atomic E-state index is 0.149. The van der Waals surface area contributed by atoms with Gasteiger partial charge in [-0.2, -0.15) is 0 Å². The fourth-order valence-corrected chi connectivity index (χ4v) is 2.23. The SMILES string of the molecule is Cc1ccc(OCCNC(=O)N(C)[C@@H](C)c2ccc(F)cc2)cc1. The van der Waals surface area contributed by atoms with Gasteiger partial charge in [0.1, 0.15) is 18.2 Å². The number of amides is 2. The third kappa shape index (κ3) is 4.98. The van der Waals surface area contributed by atoms with E-state index in [4.69, 9.17) is 4.74 Å². The molecule has 0 aromatic heterocycles. The summed E-state index contributed by atoms with van der Waals surface area (Å²) in [7, 11) is 1.71. The van der Waals surface area contributed by atoms with Gasteiger partial charge in [0.25, 0.3) is 0 Å². The Hall–Kier alpha value is -2.56. The number of carbonyl (C=O) groups excluding carboxylic acids is 1. The van der Waals surface area contributed by atoms with Crippen molar-refractivity contribution in [1.29, 1.82) is 0 Å². The Morgan fingerprint density at radius 3 is 2.42 bits per heavy atom. The van der Waals surface area contributed by atoms with Gasteiger partial charge in [0.05, 0.1) is 12.6 Å². The number of halogens is 1. The van der Waals surface area contributed by atoms with Gasteiger partial charge in [-0.3, -0.25) is 0 Å². The highest BCUT2D eigenvalue weighted by atomic mass is 19.1. The van der Waals surface area contributed by atoms with E-state index in [0.717, 1.165) is 11.3 Å². The van der Waals surface area contributed by atoms with Gasteiger partial charge in [-0.05, 0) is 43.7 Å². The minimum atomic E-state index is -0.286. The maximum Gasteiger partial charge on any atom is 0.317 e. The zero-order chi connectivity index (χ0) is 17.5. The fourth-order valence-electron chi connectivity index (χ4n) is 2.23. The Morgan fingerprint density at radius 2 is 1.79 bits per heavy atom. The Bertz CT molecular complexity index is 656. The molecule has 4 nitrogen and oxygen atoms in total. The number of ether oxygens (including phenoxy) is 1. The molecule has 0 heterocycles. The van der Waals surface area contributed by atoms with Gasteiger partial charge >= 0.3 is 6.03 Å². The predicted molar refractivity (Wildman–Crippen MR) is 92.7 cm³/mol. The van der Waals surface area contributed by atoms with Crippen LogP contribution in [0.4, 0.5) is 9.18 Å². The van der Waals surface area contributed by atoms with Crippen LogP contribution in [0.2, 0.25) is 0 Å². The number of aryl methyl sites for hydroxylation is 1. The van der Waals surface area contributed by atoms with E-state index in [-0.39, 0.29) is 17.9 Å². The molecular weight excluding hydrogens is 307 g/mol. The number of benzene rings is 2. The van der Waals surface area contributed by atoms with Crippen LogP contribution in [0.3, 0.4) is 0 Å². The first-order valence-corrected chi connectivity index (χ1v) is 7.93. The summed E-state index contributed by atoms with van der Waals surface area (Å²) in [6.07, 6.45) is 0. The van der Waals surface area contributed by atoms with Crippen LogP contribution in [0.1, 0.15) is 24.1 Å². The average Bonchev–Trinajstić information content (AvgIpc) is 2.59. The lowest BCUT2D eigenvalue weighted by atomic mass is 10.1.